The van der Waals surface area contributed by atoms with Crippen LogP contribution in [0.1, 0.15) is 28.8 Å². The highest BCUT2D eigenvalue weighted by atomic mass is 35.5. The van der Waals surface area contributed by atoms with Gasteiger partial charge in [0.15, 0.2) is 0 Å². The maximum Gasteiger partial charge on any atom is 0.271 e. The molecule has 0 saturated heterocycles. The van der Waals surface area contributed by atoms with E-state index in [0.29, 0.717) is 29.5 Å². The van der Waals surface area contributed by atoms with Crippen LogP contribution in [-0.4, -0.2) is 36.4 Å². The topological polar surface area (TPSA) is 63.9 Å². The van der Waals surface area contributed by atoms with Gasteiger partial charge in [-0.15, -0.1) is 0 Å². The van der Waals surface area contributed by atoms with Gasteiger partial charge < -0.3 is 9.47 Å². The van der Waals surface area contributed by atoms with Crippen molar-refractivity contribution in [3.8, 4) is 11.3 Å². The summed E-state index contributed by atoms with van der Waals surface area (Å²) in [6, 6.07) is 7.68. The molecule has 0 saturated carbocycles. The van der Waals surface area contributed by atoms with Crippen molar-refractivity contribution >= 4 is 29.1 Å². The molecule has 138 valence electrons. The summed E-state index contributed by atoms with van der Waals surface area (Å²) in [6.45, 7) is 5.13. The van der Waals surface area contributed by atoms with E-state index in [0.717, 1.165) is 17.0 Å². The van der Waals surface area contributed by atoms with Crippen molar-refractivity contribution in [1.82, 2.24) is 24.4 Å². The molecule has 1 aliphatic rings. The van der Waals surface area contributed by atoms with Crippen LogP contribution in [0.5, 0.6) is 0 Å². The van der Waals surface area contributed by atoms with Crippen molar-refractivity contribution in [2.75, 3.05) is 0 Å². The monoisotopic (exact) mass is 401 g/mol. The molecule has 1 aliphatic heterocycles. The van der Waals surface area contributed by atoms with Crippen molar-refractivity contribution in [2.24, 2.45) is 0 Å². The number of halogens is 2. The minimum Gasteiger partial charge on any atom is -0.341 e. The molecular formula is C19H17Cl2N5O. The summed E-state index contributed by atoms with van der Waals surface area (Å²) in [5, 5.41) is 0.508. The van der Waals surface area contributed by atoms with Crippen LogP contribution in [0, 0.1) is 6.92 Å². The highest BCUT2D eigenvalue weighted by Crippen LogP contribution is 2.31. The lowest BCUT2D eigenvalue weighted by molar-refractivity contribution is 0.0592. The number of pyridine rings is 1. The fourth-order valence-corrected chi connectivity index (χ4v) is 3.67. The molecule has 0 aromatic carbocycles. The molecule has 3 aromatic heterocycles. The molecule has 3 aromatic rings. The molecule has 0 N–H and O–H groups in total. The van der Waals surface area contributed by atoms with Gasteiger partial charge in [0.2, 0.25) is 5.28 Å². The van der Waals surface area contributed by atoms with E-state index in [2.05, 4.69) is 15.0 Å². The summed E-state index contributed by atoms with van der Waals surface area (Å²) in [5.74, 6) is -0.0421. The summed E-state index contributed by atoms with van der Waals surface area (Å²) in [6.07, 6.45) is 3.35. The lowest BCUT2D eigenvalue weighted by Gasteiger charge is -2.34. The lowest BCUT2D eigenvalue weighted by Crippen LogP contribution is -2.45. The maximum absolute atomic E-state index is 13.1. The summed E-state index contributed by atoms with van der Waals surface area (Å²) in [4.78, 5) is 27.5. The molecule has 0 fully saturated rings. The number of carbonyl (C=O) groups is 1. The lowest BCUT2D eigenvalue weighted by atomic mass is 10.1. The zero-order chi connectivity index (χ0) is 19.1. The Morgan fingerprint density at radius 2 is 2.07 bits per heavy atom. The summed E-state index contributed by atoms with van der Waals surface area (Å²) in [7, 11) is 0. The van der Waals surface area contributed by atoms with Crippen LogP contribution >= 0.6 is 23.2 Å². The SMILES string of the molecule is Cc1cccc(CN2C(=O)c3cc(-c4nc(Cl)ncc4Cl)cn3C[C@H]2C)n1. The quantitative estimate of drug-likeness (QED) is 0.622. The molecule has 4 heterocycles. The normalized spacial score (nSPS) is 16.5. The molecule has 6 nitrogen and oxygen atoms in total. The fourth-order valence-electron chi connectivity index (χ4n) is 3.34. The van der Waals surface area contributed by atoms with E-state index < -0.39 is 0 Å². The van der Waals surface area contributed by atoms with Gasteiger partial charge in [0.05, 0.1) is 29.2 Å². The maximum atomic E-state index is 13.1. The van der Waals surface area contributed by atoms with E-state index in [1.165, 1.54) is 6.20 Å². The smallest absolute Gasteiger partial charge is 0.271 e. The number of nitrogens with zero attached hydrogens (tertiary/aromatic N) is 5. The van der Waals surface area contributed by atoms with E-state index in [4.69, 9.17) is 23.2 Å². The Labute approximate surface area is 166 Å². The average molecular weight is 402 g/mol. The van der Waals surface area contributed by atoms with Crippen LogP contribution in [0.15, 0.2) is 36.7 Å². The largest absolute Gasteiger partial charge is 0.341 e. The second-order valence-electron chi connectivity index (χ2n) is 6.65. The molecule has 1 amide bonds. The number of aryl methyl sites for hydroxylation is 1. The Kier molecular flexibility index (Phi) is 4.61. The zero-order valence-electron chi connectivity index (χ0n) is 14.9. The number of hydrogen-bond acceptors (Lipinski definition) is 4. The average Bonchev–Trinajstić information content (AvgIpc) is 3.04. The summed E-state index contributed by atoms with van der Waals surface area (Å²) < 4.78 is 1.94. The van der Waals surface area contributed by atoms with Gasteiger partial charge in [0.25, 0.3) is 5.91 Å². The number of aromatic nitrogens is 4. The first-order valence-electron chi connectivity index (χ1n) is 8.54. The van der Waals surface area contributed by atoms with E-state index in [-0.39, 0.29) is 17.2 Å². The highest BCUT2D eigenvalue weighted by molar-refractivity contribution is 6.33. The Morgan fingerprint density at radius 3 is 2.85 bits per heavy atom. The summed E-state index contributed by atoms with van der Waals surface area (Å²) >= 11 is 12.1. The van der Waals surface area contributed by atoms with Crippen LogP contribution < -0.4 is 0 Å². The van der Waals surface area contributed by atoms with E-state index >= 15 is 0 Å². The first-order chi connectivity index (χ1) is 12.9. The van der Waals surface area contributed by atoms with Crippen LogP contribution in [0.25, 0.3) is 11.3 Å². The minimum absolute atomic E-state index is 0.0389. The Bertz CT molecular complexity index is 1030. The first kappa shape index (κ1) is 17.9. The van der Waals surface area contributed by atoms with Gasteiger partial charge in [-0.25, -0.2) is 9.97 Å². The third kappa shape index (κ3) is 3.42. The van der Waals surface area contributed by atoms with Crippen LogP contribution in [0.4, 0.5) is 0 Å². The number of amides is 1. The first-order valence-corrected chi connectivity index (χ1v) is 9.30. The minimum atomic E-state index is -0.0421. The number of rotatable bonds is 3. The standard InChI is InChI=1S/C19H17Cl2N5O/c1-11-4-3-5-14(23-11)10-26-12(2)8-25-9-13(6-16(25)18(26)27)17-15(20)7-22-19(21)24-17/h3-7,9,12H,8,10H2,1-2H3/t12-/m1/s1. The van der Waals surface area contributed by atoms with Gasteiger partial charge in [-0.1, -0.05) is 17.7 Å². The molecule has 8 heteroatoms. The van der Waals surface area contributed by atoms with E-state index in [1.54, 1.807) is 6.07 Å². The fraction of sp³-hybridized carbons (Fsp3) is 0.263. The van der Waals surface area contributed by atoms with E-state index in [9.17, 15) is 4.79 Å². The molecule has 0 spiro atoms. The van der Waals surface area contributed by atoms with Crippen molar-refractivity contribution in [3.63, 3.8) is 0 Å². The van der Waals surface area contributed by atoms with Crippen molar-refractivity contribution in [3.05, 3.63) is 64.0 Å². The zero-order valence-corrected chi connectivity index (χ0v) is 16.4. The molecule has 0 aliphatic carbocycles. The van der Waals surface area contributed by atoms with Gasteiger partial charge >= 0.3 is 0 Å². The highest BCUT2D eigenvalue weighted by Gasteiger charge is 2.31. The van der Waals surface area contributed by atoms with Gasteiger partial charge in [-0.05, 0) is 43.6 Å². The van der Waals surface area contributed by atoms with Crippen molar-refractivity contribution in [2.45, 2.75) is 33.0 Å². The van der Waals surface area contributed by atoms with Gasteiger partial charge in [-0.3, -0.25) is 9.78 Å². The number of hydrogen-bond donors (Lipinski definition) is 0. The number of fused-ring (bicyclic) bond motifs is 1. The molecule has 0 bridgehead atoms. The molecule has 27 heavy (non-hydrogen) atoms. The molecule has 0 radical (unpaired) electrons. The van der Waals surface area contributed by atoms with Crippen molar-refractivity contribution < 1.29 is 4.79 Å². The van der Waals surface area contributed by atoms with Crippen LogP contribution in [0.2, 0.25) is 10.3 Å². The van der Waals surface area contributed by atoms with Gasteiger partial charge in [-0.2, -0.15) is 0 Å². The Hall–Kier alpha value is -2.44. The molecular weight excluding hydrogens is 385 g/mol. The Morgan fingerprint density at radius 1 is 1.26 bits per heavy atom. The second kappa shape index (κ2) is 6.94. The molecule has 1 atom stereocenters. The second-order valence-corrected chi connectivity index (χ2v) is 7.40. The predicted octanol–water partition coefficient (Wildman–Crippen LogP) is 4.00. The van der Waals surface area contributed by atoms with E-state index in [1.807, 2.05) is 47.7 Å². The van der Waals surface area contributed by atoms with Crippen LogP contribution in [0.3, 0.4) is 0 Å². The van der Waals surface area contributed by atoms with Gasteiger partial charge in [0, 0.05) is 30.0 Å². The number of carbonyl (C=O) groups excluding carboxylic acids is 1. The Balaban J connectivity index is 1.67. The van der Waals surface area contributed by atoms with Crippen LogP contribution in [-0.2, 0) is 13.1 Å². The van der Waals surface area contributed by atoms with Crippen molar-refractivity contribution in [1.29, 1.82) is 0 Å². The predicted molar refractivity (Wildman–Crippen MR) is 104 cm³/mol. The molecule has 0 unspecified atom stereocenters. The van der Waals surface area contributed by atoms with Gasteiger partial charge in [0.1, 0.15) is 5.69 Å². The summed E-state index contributed by atoms with van der Waals surface area (Å²) in [5.41, 5.74) is 3.68. The third-order valence-electron chi connectivity index (χ3n) is 4.64. The molecule has 4 rings (SSSR count). The third-order valence-corrected chi connectivity index (χ3v) is 5.09.